The molecule has 0 aliphatic carbocycles. The average molecular weight is 430 g/mol. The van der Waals surface area contributed by atoms with E-state index in [4.69, 9.17) is 9.72 Å². The maximum Gasteiger partial charge on any atom is 0.309 e. The molecular weight excluding hydrogens is 402 g/mol. The van der Waals surface area contributed by atoms with Crippen LogP contribution < -0.4 is 4.90 Å². The van der Waals surface area contributed by atoms with Gasteiger partial charge in [-0.1, -0.05) is 42.0 Å². The van der Waals surface area contributed by atoms with Crippen molar-refractivity contribution in [2.75, 3.05) is 24.6 Å². The molecule has 0 N–H and O–H groups in total. The molecule has 2 aromatic carbocycles. The average Bonchev–Trinajstić information content (AvgIpc) is 3.23. The van der Waals surface area contributed by atoms with Gasteiger partial charge in [-0.15, -0.1) is 10.2 Å². The highest BCUT2D eigenvalue weighted by molar-refractivity contribution is 5.93. The van der Waals surface area contributed by atoms with Crippen molar-refractivity contribution < 1.29 is 9.53 Å². The lowest BCUT2D eigenvalue weighted by molar-refractivity contribution is -0.148. The van der Waals surface area contributed by atoms with Crippen LogP contribution in [-0.4, -0.2) is 45.2 Å². The Morgan fingerprint density at radius 1 is 1.09 bits per heavy atom. The third kappa shape index (κ3) is 3.79. The number of esters is 1. The van der Waals surface area contributed by atoms with Gasteiger partial charge in [0.1, 0.15) is 5.82 Å². The summed E-state index contributed by atoms with van der Waals surface area (Å²) >= 11 is 0. The zero-order chi connectivity index (χ0) is 22.1. The molecule has 2 aromatic heterocycles. The van der Waals surface area contributed by atoms with Crippen molar-refractivity contribution in [3.05, 3.63) is 65.5 Å². The Bertz CT molecular complexity index is 1260. The molecule has 4 aromatic rings. The van der Waals surface area contributed by atoms with E-state index in [0.29, 0.717) is 13.0 Å². The van der Waals surface area contributed by atoms with Crippen molar-refractivity contribution in [1.82, 2.24) is 19.6 Å². The highest BCUT2D eigenvalue weighted by atomic mass is 16.5. The number of fused-ring (bicyclic) bond motifs is 3. The molecule has 1 aliphatic rings. The fraction of sp³-hybridized carbons (Fsp3) is 0.360. The molecule has 1 fully saturated rings. The molecule has 0 bridgehead atoms. The van der Waals surface area contributed by atoms with E-state index in [1.54, 1.807) is 0 Å². The highest BCUT2D eigenvalue weighted by Crippen LogP contribution is 2.29. The third-order valence-electron chi connectivity index (χ3n) is 6.15. The molecule has 0 spiro atoms. The lowest BCUT2D eigenvalue weighted by Gasteiger charge is -2.32. The van der Waals surface area contributed by atoms with Crippen molar-refractivity contribution in [3.63, 3.8) is 0 Å². The van der Waals surface area contributed by atoms with Gasteiger partial charge in [0.2, 0.25) is 5.95 Å². The first-order chi connectivity index (χ1) is 15.6. The third-order valence-corrected chi connectivity index (χ3v) is 6.15. The summed E-state index contributed by atoms with van der Waals surface area (Å²) in [6.07, 6.45) is 2.18. The minimum Gasteiger partial charge on any atom is -0.466 e. The molecule has 5 rings (SSSR count). The van der Waals surface area contributed by atoms with Crippen molar-refractivity contribution in [2.24, 2.45) is 5.92 Å². The van der Waals surface area contributed by atoms with Gasteiger partial charge in [0.25, 0.3) is 0 Å². The second-order valence-electron chi connectivity index (χ2n) is 8.38. The number of carbonyl (C=O) groups is 1. The van der Waals surface area contributed by atoms with E-state index < -0.39 is 0 Å². The molecule has 7 heteroatoms. The fourth-order valence-corrected chi connectivity index (χ4v) is 4.47. The van der Waals surface area contributed by atoms with E-state index in [1.807, 2.05) is 31.2 Å². The number of aromatic nitrogens is 4. The number of benzene rings is 2. The van der Waals surface area contributed by atoms with E-state index in [1.165, 1.54) is 5.56 Å². The smallest absolute Gasteiger partial charge is 0.309 e. The van der Waals surface area contributed by atoms with Crippen LogP contribution in [0.25, 0.3) is 16.6 Å². The van der Waals surface area contributed by atoms with E-state index in [9.17, 15) is 4.79 Å². The Morgan fingerprint density at radius 3 is 2.62 bits per heavy atom. The van der Waals surface area contributed by atoms with E-state index in [-0.39, 0.29) is 11.9 Å². The summed E-state index contributed by atoms with van der Waals surface area (Å²) in [5, 5.41) is 10.1. The normalized spacial score (nSPS) is 14.9. The largest absolute Gasteiger partial charge is 0.466 e. The van der Waals surface area contributed by atoms with Crippen LogP contribution in [-0.2, 0) is 16.0 Å². The predicted molar refractivity (Wildman–Crippen MR) is 124 cm³/mol. The van der Waals surface area contributed by atoms with Crippen LogP contribution in [0.5, 0.6) is 0 Å². The van der Waals surface area contributed by atoms with Crippen LogP contribution in [0.1, 0.15) is 36.7 Å². The summed E-state index contributed by atoms with van der Waals surface area (Å²) in [7, 11) is 0. The summed E-state index contributed by atoms with van der Waals surface area (Å²) in [6.45, 7) is 5.84. The Morgan fingerprint density at radius 2 is 1.88 bits per heavy atom. The molecule has 3 heterocycles. The molecule has 7 nitrogen and oxygen atoms in total. The molecule has 0 amide bonds. The summed E-state index contributed by atoms with van der Waals surface area (Å²) in [6, 6.07) is 16.5. The monoisotopic (exact) mass is 429 g/mol. The first kappa shape index (κ1) is 20.4. The molecule has 164 valence electrons. The first-order valence-corrected chi connectivity index (χ1v) is 11.2. The van der Waals surface area contributed by atoms with Crippen molar-refractivity contribution >= 4 is 28.5 Å². The van der Waals surface area contributed by atoms with Gasteiger partial charge in [-0.25, -0.2) is 9.38 Å². The second kappa shape index (κ2) is 8.57. The summed E-state index contributed by atoms with van der Waals surface area (Å²) in [4.78, 5) is 19.5. The Kier molecular flexibility index (Phi) is 5.47. The van der Waals surface area contributed by atoms with Gasteiger partial charge in [-0.2, -0.15) is 0 Å². The second-order valence-corrected chi connectivity index (χ2v) is 8.38. The van der Waals surface area contributed by atoms with Crippen LogP contribution in [0.4, 0.5) is 5.95 Å². The fourth-order valence-electron chi connectivity index (χ4n) is 4.47. The lowest BCUT2D eigenvalue weighted by atomic mass is 9.97. The molecule has 0 unspecified atom stereocenters. The first-order valence-electron chi connectivity index (χ1n) is 11.2. The summed E-state index contributed by atoms with van der Waals surface area (Å²) in [5.74, 6) is 1.57. The number of hydrogen-bond donors (Lipinski definition) is 0. The SMILES string of the molecule is CCOC(=O)C1CCN(c2nc3ccc(C)cc3c3nnc(Cc4ccccc4)n23)CC1. The molecule has 1 saturated heterocycles. The van der Waals surface area contributed by atoms with Gasteiger partial charge in [-0.3, -0.25) is 4.79 Å². The van der Waals surface area contributed by atoms with Crippen LogP contribution >= 0.6 is 0 Å². The number of ether oxygens (including phenoxy) is 1. The molecule has 1 aliphatic heterocycles. The number of nitrogens with zero attached hydrogens (tertiary/aromatic N) is 5. The molecule has 32 heavy (non-hydrogen) atoms. The maximum absolute atomic E-state index is 12.2. The Labute approximate surface area is 187 Å². The number of carbonyl (C=O) groups excluding carboxylic acids is 1. The minimum atomic E-state index is -0.0895. The molecule has 0 atom stereocenters. The maximum atomic E-state index is 12.2. The summed E-state index contributed by atoms with van der Waals surface area (Å²) < 4.78 is 7.33. The van der Waals surface area contributed by atoms with Crippen LogP contribution in [0, 0.1) is 12.8 Å². The van der Waals surface area contributed by atoms with Crippen molar-refractivity contribution in [1.29, 1.82) is 0 Å². The van der Waals surface area contributed by atoms with E-state index >= 15 is 0 Å². The highest BCUT2D eigenvalue weighted by Gasteiger charge is 2.29. The molecule has 0 radical (unpaired) electrons. The number of anilines is 1. The van der Waals surface area contributed by atoms with E-state index in [2.05, 4.69) is 50.7 Å². The van der Waals surface area contributed by atoms with Crippen molar-refractivity contribution in [2.45, 2.75) is 33.1 Å². The molecular formula is C25H27N5O2. The van der Waals surface area contributed by atoms with Crippen molar-refractivity contribution in [3.8, 4) is 0 Å². The number of rotatable bonds is 5. The van der Waals surface area contributed by atoms with Gasteiger partial charge < -0.3 is 9.64 Å². The Hall–Kier alpha value is -3.48. The standard InChI is InChI=1S/C25H27N5O2/c1-3-32-24(31)19-11-13-29(14-12-19)25-26-21-10-9-17(2)15-20(21)23-28-27-22(30(23)25)16-18-7-5-4-6-8-18/h4-10,15,19H,3,11-14,16H2,1-2H3. The van der Waals surface area contributed by atoms with Gasteiger partial charge in [0.15, 0.2) is 5.65 Å². The van der Waals surface area contributed by atoms with Gasteiger partial charge in [-0.05, 0) is 44.4 Å². The van der Waals surface area contributed by atoms with Gasteiger partial charge in [0, 0.05) is 24.9 Å². The number of aryl methyl sites for hydroxylation is 1. The van der Waals surface area contributed by atoms with Crippen LogP contribution in [0.2, 0.25) is 0 Å². The van der Waals surface area contributed by atoms with E-state index in [0.717, 1.165) is 59.8 Å². The lowest BCUT2D eigenvalue weighted by Crippen LogP contribution is -2.38. The zero-order valence-electron chi connectivity index (χ0n) is 18.5. The quantitative estimate of drug-likeness (QED) is 0.447. The number of hydrogen-bond acceptors (Lipinski definition) is 6. The Balaban J connectivity index is 1.57. The van der Waals surface area contributed by atoms with Crippen LogP contribution in [0.15, 0.2) is 48.5 Å². The zero-order valence-corrected chi connectivity index (χ0v) is 18.5. The summed E-state index contributed by atoms with van der Waals surface area (Å²) in [5.41, 5.74) is 4.08. The van der Waals surface area contributed by atoms with Gasteiger partial charge in [0.05, 0.1) is 18.0 Å². The molecule has 0 saturated carbocycles. The minimum absolute atomic E-state index is 0.0468. The topological polar surface area (TPSA) is 72.6 Å². The number of piperidine rings is 1. The van der Waals surface area contributed by atoms with Crippen LogP contribution in [0.3, 0.4) is 0 Å². The predicted octanol–water partition coefficient (Wildman–Crippen LogP) is 3.96. The van der Waals surface area contributed by atoms with Gasteiger partial charge >= 0.3 is 5.97 Å².